The third-order valence-electron chi connectivity index (χ3n) is 2.56. The van der Waals surface area contributed by atoms with E-state index >= 15 is 0 Å². The number of fused-ring (bicyclic) bond motifs is 1. The van der Waals surface area contributed by atoms with Crippen LogP contribution in [0.5, 0.6) is 0 Å². The molecule has 0 saturated heterocycles. The van der Waals surface area contributed by atoms with Gasteiger partial charge in [-0.3, -0.25) is 4.79 Å². The number of azide groups is 1. The highest BCUT2D eigenvalue weighted by Crippen LogP contribution is 2.19. The van der Waals surface area contributed by atoms with E-state index in [1.807, 2.05) is 24.3 Å². The van der Waals surface area contributed by atoms with E-state index in [9.17, 15) is 4.79 Å². The molecule has 0 unspecified atom stereocenters. The zero-order valence-corrected chi connectivity index (χ0v) is 8.87. The van der Waals surface area contributed by atoms with Crippen molar-refractivity contribution in [1.29, 1.82) is 0 Å². The van der Waals surface area contributed by atoms with Crippen molar-refractivity contribution in [2.24, 2.45) is 5.11 Å². The van der Waals surface area contributed by atoms with Crippen LogP contribution in [0, 0.1) is 0 Å². The summed E-state index contributed by atoms with van der Waals surface area (Å²) in [6.45, 7) is 0. The lowest BCUT2D eigenvalue weighted by Crippen LogP contribution is -2.19. The second kappa shape index (κ2) is 4.59. The van der Waals surface area contributed by atoms with E-state index in [1.165, 1.54) is 0 Å². The number of benzene rings is 1. The maximum Gasteiger partial charge on any atom is 0.312 e. The van der Waals surface area contributed by atoms with Gasteiger partial charge in [0.25, 0.3) is 0 Å². The average Bonchev–Trinajstić information content (AvgIpc) is 2.72. The number of nitrogens with one attached hydrogen (secondary N) is 1. The van der Waals surface area contributed by atoms with Crippen molar-refractivity contribution in [3.63, 3.8) is 0 Å². The highest BCUT2D eigenvalue weighted by molar-refractivity contribution is 5.84. The van der Waals surface area contributed by atoms with Crippen LogP contribution in [0.1, 0.15) is 5.56 Å². The number of aromatic nitrogens is 1. The molecular weight excluding hydrogens is 220 g/mol. The standard InChI is InChI=1S/C11H10N4O2/c12-15-14-10(11(16)17)5-7-6-13-9-4-2-1-3-8(7)9/h1-4,6,10,13H,5H2,(H,16,17)/t10-/m1/s1. The van der Waals surface area contributed by atoms with Crippen molar-refractivity contribution >= 4 is 16.9 Å². The molecule has 0 aliphatic heterocycles. The largest absolute Gasteiger partial charge is 0.481 e. The molecule has 1 aromatic heterocycles. The monoisotopic (exact) mass is 230 g/mol. The number of carbonyl (C=O) groups is 1. The predicted molar refractivity (Wildman–Crippen MR) is 62.6 cm³/mol. The third kappa shape index (κ3) is 2.21. The van der Waals surface area contributed by atoms with Gasteiger partial charge < -0.3 is 10.1 Å². The van der Waals surface area contributed by atoms with Gasteiger partial charge in [0.05, 0.1) is 0 Å². The lowest BCUT2D eigenvalue weighted by Gasteiger charge is -2.04. The number of aromatic amines is 1. The van der Waals surface area contributed by atoms with E-state index in [2.05, 4.69) is 15.0 Å². The second-order valence-corrected chi connectivity index (χ2v) is 3.62. The molecule has 2 N–H and O–H groups in total. The molecule has 0 amide bonds. The summed E-state index contributed by atoms with van der Waals surface area (Å²) in [6.07, 6.45) is 1.93. The molecule has 1 atom stereocenters. The van der Waals surface area contributed by atoms with Crippen LogP contribution in [0.25, 0.3) is 21.3 Å². The Labute approximate surface area is 96.5 Å². The van der Waals surface area contributed by atoms with Gasteiger partial charge in [-0.1, -0.05) is 23.3 Å². The maximum absolute atomic E-state index is 10.9. The van der Waals surface area contributed by atoms with Crippen LogP contribution in [-0.2, 0) is 11.2 Å². The van der Waals surface area contributed by atoms with Crippen LogP contribution < -0.4 is 0 Å². The van der Waals surface area contributed by atoms with Crippen molar-refractivity contribution < 1.29 is 9.90 Å². The lowest BCUT2D eigenvalue weighted by atomic mass is 10.1. The quantitative estimate of drug-likeness (QED) is 0.478. The molecule has 0 radical (unpaired) electrons. The van der Waals surface area contributed by atoms with Gasteiger partial charge in [0, 0.05) is 22.0 Å². The Balaban J connectivity index is 2.34. The van der Waals surface area contributed by atoms with Crippen LogP contribution in [0.15, 0.2) is 35.6 Å². The minimum atomic E-state index is -1.12. The Hall–Kier alpha value is -2.46. The van der Waals surface area contributed by atoms with Gasteiger partial charge in [-0.15, -0.1) is 0 Å². The summed E-state index contributed by atoms with van der Waals surface area (Å²) >= 11 is 0. The van der Waals surface area contributed by atoms with Gasteiger partial charge in [-0.05, 0) is 23.6 Å². The van der Waals surface area contributed by atoms with Gasteiger partial charge >= 0.3 is 5.97 Å². The molecule has 0 aliphatic rings. The SMILES string of the molecule is [N-]=[N+]=N[C@H](Cc1c[nH]c2ccccc12)C(=O)O. The molecule has 2 rings (SSSR count). The molecule has 0 bridgehead atoms. The van der Waals surface area contributed by atoms with Crippen molar-refractivity contribution in [3.05, 3.63) is 46.5 Å². The van der Waals surface area contributed by atoms with Gasteiger partial charge in [0.1, 0.15) is 6.04 Å². The van der Waals surface area contributed by atoms with E-state index < -0.39 is 12.0 Å². The van der Waals surface area contributed by atoms with Crippen molar-refractivity contribution in [1.82, 2.24) is 4.98 Å². The van der Waals surface area contributed by atoms with Crippen LogP contribution in [-0.4, -0.2) is 22.1 Å². The van der Waals surface area contributed by atoms with Gasteiger partial charge in [0.2, 0.25) is 0 Å². The summed E-state index contributed by atoms with van der Waals surface area (Å²) in [5.74, 6) is -1.12. The molecule has 2 aromatic rings. The number of nitrogens with zero attached hydrogens (tertiary/aromatic N) is 3. The summed E-state index contributed by atoms with van der Waals surface area (Å²) in [7, 11) is 0. The molecule has 0 saturated carbocycles. The van der Waals surface area contributed by atoms with Crippen LogP contribution in [0.2, 0.25) is 0 Å². The molecule has 6 nitrogen and oxygen atoms in total. The fourth-order valence-electron chi connectivity index (χ4n) is 1.75. The summed E-state index contributed by atoms with van der Waals surface area (Å²) in [6, 6.07) is 6.51. The predicted octanol–water partition coefficient (Wildman–Crippen LogP) is 2.47. The van der Waals surface area contributed by atoms with Crippen molar-refractivity contribution in [2.45, 2.75) is 12.5 Å². The first-order valence-corrected chi connectivity index (χ1v) is 5.04. The molecule has 0 aliphatic carbocycles. The van der Waals surface area contributed by atoms with Crippen LogP contribution in [0.4, 0.5) is 0 Å². The first-order valence-electron chi connectivity index (χ1n) is 5.04. The Morgan fingerprint density at radius 1 is 1.53 bits per heavy atom. The fraction of sp³-hybridized carbons (Fsp3) is 0.182. The third-order valence-corrected chi connectivity index (χ3v) is 2.56. The second-order valence-electron chi connectivity index (χ2n) is 3.62. The first-order chi connectivity index (χ1) is 8.22. The Morgan fingerprint density at radius 3 is 3.00 bits per heavy atom. The molecule has 6 heteroatoms. The minimum Gasteiger partial charge on any atom is -0.481 e. The smallest absolute Gasteiger partial charge is 0.312 e. The maximum atomic E-state index is 10.9. The Bertz CT molecular complexity index is 596. The number of aliphatic carboxylic acids is 1. The van der Waals surface area contributed by atoms with E-state index in [-0.39, 0.29) is 6.42 Å². The molecule has 1 heterocycles. The number of rotatable bonds is 4. The summed E-state index contributed by atoms with van der Waals surface area (Å²) in [5, 5.41) is 13.1. The molecule has 17 heavy (non-hydrogen) atoms. The van der Waals surface area contributed by atoms with E-state index in [0.29, 0.717) is 0 Å². The van der Waals surface area contributed by atoms with Crippen LogP contribution in [0.3, 0.4) is 0 Å². The number of carboxylic acid groups (broad SMARTS) is 1. The Kier molecular flexibility index (Phi) is 2.98. The van der Waals surface area contributed by atoms with Crippen molar-refractivity contribution in [3.8, 4) is 0 Å². The van der Waals surface area contributed by atoms with Crippen molar-refractivity contribution in [2.75, 3.05) is 0 Å². The lowest BCUT2D eigenvalue weighted by molar-refractivity contribution is -0.138. The number of hydrogen-bond donors (Lipinski definition) is 2. The highest BCUT2D eigenvalue weighted by Gasteiger charge is 2.17. The molecular formula is C11H10N4O2. The molecule has 86 valence electrons. The number of H-pyrrole nitrogens is 1. The zero-order chi connectivity index (χ0) is 12.3. The van der Waals surface area contributed by atoms with E-state index in [1.54, 1.807) is 6.20 Å². The summed E-state index contributed by atoms with van der Waals surface area (Å²) < 4.78 is 0. The fourth-order valence-corrected chi connectivity index (χ4v) is 1.75. The van der Waals surface area contributed by atoms with E-state index in [0.717, 1.165) is 16.5 Å². The normalized spacial score (nSPS) is 12.0. The zero-order valence-electron chi connectivity index (χ0n) is 8.87. The average molecular weight is 230 g/mol. The molecule has 0 spiro atoms. The molecule has 1 aromatic carbocycles. The summed E-state index contributed by atoms with van der Waals surface area (Å²) in [5.41, 5.74) is 10.1. The number of hydrogen-bond acceptors (Lipinski definition) is 2. The first kappa shape index (κ1) is 11.0. The van der Waals surface area contributed by atoms with Gasteiger partial charge in [0.15, 0.2) is 0 Å². The molecule has 0 fully saturated rings. The van der Waals surface area contributed by atoms with Crippen LogP contribution >= 0.6 is 0 Å². The topological polar surface area (TPSA) is 102 Å². The summed E-state index contributed by atoms with van der Waals surface area (Å²) in [4.78, 5) is 16.5. The Morgan fingerprint density at radius 2 is 2.29 bits per heavy atom. The minimum absolute atomic E-state index is 0.184. The van der Waals surface area contributed by atoms with Gasteiger partial charge in [-0.25, -0.2) is 0 Å². The highest BCUT2D eigenvalue weighted by atomic mass is 16.4. The number of para-hydroxylation sites is 1. The van der Waals surface area contributed by atoms with E-state index in [4.69, 9.17) is 10.6 Å². The number of carboxylic acids is 1. The van der Waals surface area contributed by atoms with Gasteiger partial charge in [-0.2, -0.15) is 0 Å².